The van der Waals surface area contributed by atoms with Crippen molar-refractivity contribution in [2.45, 2.75) is 38.7 Å². The summed E-state index contributed by atoms with van der Waals surface area (Å²) in [5.74, 6) is 0.198. The molecule has 1 rings (SSSR count). The molecule has 0 saturated heterocycles. The molecular weight excluding hydrogens is 436 g/mol. The molecule has 0 unspecified atom stereocenters. The quantitative estimate of drug-likeness (QED) is 0.415. The Balaban J connectivity index is 2.83. The van der Waals surface area contributed by atoms with E-state index >= 15 is 0 Å². The van der Waals surface area contributed by atoms with E-state index in [4.69, 9.17) is 27.9 Å². The van der Waals surface area contributed by atoms with Gasteiger partial charge in [0.15, 0.2) is 0 Å². The highest BCUT2D eigenvalue weighted by Gasteiger charge is 2.22. The van der Waals surface area contributed by atoms with Crippen LogP contribution in [-0.4, -0.2) is 34.6 Å². The zero-order chi connectivity index (χ0) is 16.9. The Bertz CT molecular complexity index is 517. The van der Waals surface area contributed by atoms with Crippen LogP contribution in [0.2, 0.25) is 10.0 Å². The molecule has 0 heterocycles. The Morgan fingerprint density at radius 1 is 1.32 bits per heavy atom. The van der Waals surface area contributed by atoms with Gasteiger partial charge >= 0.3 is 6.09 Å². The molecule has 0 aliphatic rings. The van der Waals surface area contributed by atoms with Gasteiger partial charge in [-0.25, -0.2) is 4.79 Å². The van der Waals surface area contributed by atoms with Crippen LogP contribution < -0.4 is 0 Å². The lowest BCUT2D eigenvalue weighted by Crippen LogP contribution is -2.36. The second kappa shape index (κ2) is 8.60. The molecule has 1 amide bonds. The number of ether oxygens (including phenoxy) is 1. The minimum Gasteiger partial charge on any atom is -0.444 e. The van der Waals surface area contributed by atoms with Crippen LogP contribution >= 0.6 is 45.8 Å². The summed E-state index contributed by atoms with van der Waals surface area (Å²) < 4.78 is 6.39. The topological polar surface area (TPSA) is 29.5 Å². The lowest BCUT2D eigenvalue weighted by molar-refractivity contribution is 0.0288. The number of likely N-dealkylation sites (N-methyl/N-ethyl adjacent to an activating group) is 1. The minimum atomic E-state index is -0.492. The predicted molar refractivity (Wildman–Crippen MR) is 102 cm³/mol. The molecule has 0 bridgehead atoms. The lowest BCUT2D eigenvalue weighted by atomic mass is 9.96. The van der Waals surface area contributed by atoms with Gasteiger partial charge in [-0.2, -0.15) is 0 Å². The first-order chi connectivity index (χ1) is 10.1. The zero-order valence-corrected chi connectivity index (χ0v) is 17.0. The molecular formula is C16H22Cl2INO2. The fraction of sp³-hybridized carbons (Fsp3) is 0.562. The second-order valence-corrected chi connectivity index (χ2v) is 8.10. The highest BCUT2D eigenvalue weighted by molar-refractivity contribution is 14.1. The van der Waals surface area contributed by atoms with Crippen LogP contribution in [0.5, 0.6) is 0 Å². The first kappa shape index (κ1) is 19.8. The average molecular weight is 458 g/mol. The van der Waals surface area contributed by atoms with Crippen LogP contribution in [0.4, 0.5) is 4.79 Å². The van der Waals surface area contributed by atoms with Crippen LogP contribution in [0.3, 0.4) is 0 Å². The van der Waals surface area contributed by atoms with E-state index < -0.39 is 5.60 Å². The smallest absolute Gasteiger partial charge is 0.410 e. The molecule has 1 aromatic rings. The summed E-state index contributed by atoms with van der Waals surface area (Å²) in [6.07, 6.45) is 0.636. The van der Waals surface area contributed by atoms with E-state index in [2.05, 4.69) is 22.6 Å². The molecule has 3 nitrogen and oxygen atoms in total. The zero-order valence-electron chi connectivity index (χ0n) is 13.3. The van der Waals surface area contributed by atoms with Gasteiger partial charge in [0.05, 0.1) is 10.0 Å². The molecule has 22 heavy (non-hydrogen) atoms. The first-order valence-electron chi connectivity index (χ1n) is 7.09. The third-order valence-corrected chi connectivity index (χ3v) is 4.43. The molecule has 1 atom stereocenters. The molecule has 0 aromatic heterocycles. The number of carbonyl (C=O) groups excluding carboxylic acids is 1. The van der Waals surface area contributed by atoms with Gasteiger partial charge in [0.2, 0.25) is 0 Å². The van der Waals surface area contributed by atoms with Gasteiger partial charge in [-0.1, -0.05) is 51.9 Å². The number of alkyl halides is 1. The van der Waals surface area contributed by atoms with Crippen molar-refractivity contribution in [1.82, 2.24) is 4.90 Å². The minimum absolute atomic E-state index is 0.198. The number of hydrogen-bond donors (Lipinski definition) is 0. The summed E-state index contributed by atoms with van der Waals surface area (Å²) in [5.41, 5.74) is 0.592. The molecule has 0 aliphatic heterocycles. The number of hydrogen-bond acceptors (Lipinski definition) is 2. The van der Waals surface area contributed by atoms with Gasteiger partial charge < -0.3 is 9.64 Å². The molecule has 6 heteroatoms. The number of amides is 1. The molecule has 0 saturated carbocycles. The maximum atomic E-state index is 12.1. The second-order valence-electron chi connectivity index (χ2n) is 6.21. The Morgan fingerprint density at radius 2 is 1.95 bits per heavy atom. The molecule has 0 aliphatic carbocycles. The van der Waals surface area contributed by atoms with Crippen molar-refractivity contribution in [2.75, 3.05) is 18.0 Å². The first-order valence-corrected chi connectivity index (χ1v) is 9.37. The number of nitrogens with zero attached hydrogens (tertiary/aromatic N) is 1. The van der Waals surface area contributed by atoms with E-state index in [1.807, 2.05) is 32.9 Å². The van der Waals surface area contributed by atoms with Crippen LogP contribution in [0.25, 0.3) is 0 Å². The number of benzene rings is 1. The third-order valence-electron chi connectivity index (χ3n) is 3.07. The number of halogens is 3. The molecule has 0 N–H and O–H groups in total. The Labute approximate surface area is 156 Å². The normalized spacial score (nSPS) is 12.9. The maximum absolute atomic E-state index is 12.1. The van der Waals surface area contributed by atoms with Crippen molar-refractivity contribution in [3.63, 3.8) is 0 Å². The van der Waals surface area contributed by atoms with Crippen molar-refractivity contribution in [3.05, 3.63) is 33.8 Å². The van der Waals surface area contributed by atoms with Gasteiger partial charge in [-0.05, 0) is 44.9 Å². The van der Waals surface area contributed by atoms with Gasteiger partial charge in [0.25, 0.3) is 0 Å². The van der Waals surface area contributed by atoms with Crippen LogP contribution in [0, 0.1) is 0 Å². The van der Waals surface area contributed by atoms with Crippen LogP contribution in [-0.2, 0) is 4.74 Å². The Kier molecular flexibility index (Phi) is 7.75. The van der Waals surface area contributed by atoms with Crippen LogP contribution in [0.15, 0.2) is 18.2 Å². The summed E-state index contributed by atoms with van der Waals surface area (Å²) in [5, 5.41) is 1.08. The summed E-state index contributed by atoms with van der Waals surface area (Å²) in [4.78, 5) is 13.7. The van der Waals surface area contributed by atoms with E-state index in [9.17, 15) is 4.79 Å². The highest BCUT2D eigenvalue weighted by Crippen LogP contribution is 2.29. The van der Waals surface area contributed by atoms with Gasteiger partial charge in [-0.15, -0.1) is 0 Å². The summed E-state index contributed by atoms with van der Waals surface area (Å²) in [7, 11) is 1.76. The summed E-state index contributed by atoms with van der Waals surface area (Å²) >= 11 is 14.4. The van der Waals surface area contributed by atoms with E-state index in [1.165, 1.54) is 0 Å². The van der Waals surface area contributed by atoms with Crippen LogP contribution in [0.1, 0.15) is 38.7 Å². The SMILES string of the molecule is CN(C[C@@H](CCI)c1ccc(Cl)c(Cl)c1)C(=O)OC(C)(C)C. The molecule has 0 spiro atoms. The van der Waals surface area contributed by atoms with Gasteiger partial charge in [0.1, 0.15) is 5.60 Å². The van der Waals surface area contributed by atoms with Gasteiger partial charge in [-0.3, -0.25) is 0 Å². The van der Waals surface area contributed by atoms with E-state index in [1.54, 1.807) is 18.0 Å². The van der Waals surface area contributed by atoms with E-state index in [0.29, 0.717) is 16.6 Å². The monoisotopic (exact) mass is 457 g/mol. The standard InChI is InChI=1S/C16H22Cl2INO2/c1-16(2,3)22-15(21)20(4)10-12(7-8-19)11-5-6-13(17)14(18)9-11/h5-6,9,12H,7-8,10H2,1-4H3/t12-/m1/s1. The van der Waals surface area contributed by atoms with Crippen molar-refractivity contribution >= 4 is 51.9 Å². The summed E-state index contributed by atoms with van der Waals surface area (Å²) in [6, 6.07) is 5.64. The highest BCUT2D eigenvalue weighted by atomic mass is 127. The fourth-order valence-corrected chi connectivity index (χ4v) is 3.06. The van der Waals surface area contributed by atoms with Crippen molar-refractivity contribution in [1.29, 1.82) is 0 Å². The molecule has 124 valence electrons. The maximum Gasteiger partial charge on any atom is 0.410 e. The third kappa shape index (κ3) is 6.50. The van der Waals surface area contributed by atoms with Crippen molar-refractivity contribution in [3.8, 4) is 0 Å². The predicted octanol–water partition coefficient (Wildman–Crippen LogP) is 5.77. The summed E-state index contributed by atoms with van der Waals surface area (Å²) in [6.45, 7) is 6.16. The van der Waals surface area contributed by atoms with Crippen molar-refractivity contribution < 1.29 is 9.53 Å². The molecule has 0 radical (unpaired) electrons. The van der Waals surface area contributed by atoms with Gasteiger partial charge in [0, 0.05) is 23.9 Å². The average Bonchev–Trinajstić information content (AvgIpc) is 2.39. The van der Waals surface area contributed by atoms with Crippen molar-refractivity contribution in [2.24, 2.45) is 0 Å². The number of carbonyl (C=O) groups is 1. The van der Waals surface area contributed by atoms with E-state index in [0.717, 1.165) is 16.4 Å². The Hall–Kier alpha value is -0.200. The molecule has 0 fully saturated rings. The lowest BCUT2D eigenvalue weighted by Gasteiger charge is -2.28. The number of rotatable bonds is 5. The largest absolute Gasteiger partial charge is 0.444 e. The Morgan fingerprint density at radius 3 is 2.45 bits per heavy atom. The molecule has 1 aromatic carbocycles. The fourth-order valence-electron chi connectivity index (χ4n) is 2.01. The van der Waals surface area contributed by atoms with E-state index in [-0.39, 0.29) is 12.0 Å².